The first-order valence-electron chi connectivity index (χ1n) is 9.97. The van der Waals surface area contributed by atoms with E-state index < -0.39 is 0 Å². The molecule has 7 atom stereocenters. The van der Waals surface area contributed by atoms with Gasteiger partial charge < -0.3 is 0 Å². The molecular weight excluding hydrogens is 268 g/mol. The topological polar surface area (TPSA) is 17.1 Å². The van der Waals surface area contributed by atoms with E-state index in [0.717, 1.165) is 23.7 Å². The van der Waals surface area contributed by atoms with Crippen molar-refractivity contribution >= 4 is 5.78 Å². The van der Waals surface area contributed by atoms with Crippen LogP contribution in [0.15, 0.2) is 0 Å². The van der Waals surface area contributed by atoms with Crippen LogP contribution in [0.25, 0.3) is 0 Å². The highest BCUT2D eigenvalue weighted by molar-refractivity contribution is 5.79. The van der Waals surface area contributed by atoms with Gasteiger partial charge in [-0.1, -0.05) is 26.7 Å². The number of hydrogen-bond acceptors (Lipinski definition) is 1. The van der Waals surface area contributed by atoms with E-state index in [-0.39, 0.29) is 0 Å². The van der Waals surface area contributed by atoms with E-state index in [1.807, 2.05) is 6.92 Å². The summed E-state index contributed by atoms with van der Waals surface area (Å²) in [5.41, 5.74) is 0.974. The van der Waals surface area contributed by atoms with Gasteiger partial charge in [0.1, 0.15) is 5.78 Å². The third-order valence-electron chi connectivity index (χ3n) is 9.07. The fourth-order valence-corrected chi connectivity index (χ4v) is 7.96. The minimum Gasteiger partial charge on any atom is -0.300 e. The summed E-state index contributed by atoms with van der Waals surface area (Å²) in [5, 5.41) is 0. The maximum atomic E-state index is 12.2. The van der Waals surface area contributed by atoms with Gasteiger partial charge in [-0.25, -0.2) is 0 Å². The fraction of sp³-hybridized carbons (Fsp3) is 0.952. The van der Waals surface area contributed by atoms with Crippen molar-refractivity contribution in [2.24, 2.45) is 40.4 Å². The lowest BCUT2D eigenvalue weighted by atomic mass is 9.45. The normalized spacial score (nSPS) is 54.2. The van der Waals surface area contributed by atoms with Crippen LogP contribution >= 0.6 is 0 Å². The summed E-state index contributed by atoms with van der Waals surface area (Å²) in [5.74, 6) is 4.60. The fourth-order valence-electron chi connectivity index (χ4n) is 7.96. The van der Waals surface area contributed by atoms with Crippen LogP contribution in [0.4, 0.5) is 0 Å². The molecule has 4 aliphatic carbocycles. The minimum absolute atomic E-state index is 0.338. The van der Waals surface area contributed by atoms with Gasteiger partial charge in [0.15, 0.2) is 0 Å². The summed E-state index contributed by atoms with van der Waals surface area (Å²) < 4.78 is 0. The molecular formula is C21H34O. The molecule has 0 amide bonds. The van der Waals surface area contributed by atoms with E-state index in [9.17, 15) is 4.79 Å². The first kappa shape index (κ1) is 15.2. The number of ketones is 1. The van der Waals surface area contributed by atoms with Crippen molar-refractivity contribution in [3.05, 3.63) is 0 Å². The smallest absolute Gasteiger partial charge is 0.133 e. The van der Waals surface area contributed by atoms with E-state index >= 15 is 0 Å². The average molecular weight is 303 g/mol. The molecule has 124 valence electrons. The number of rotatable bonds is 1. The van der Waals surface area contributed by atoms with E-state index in [0.29, 0.717) is 22.5 Å². The Balaban J connectivity index is 1.63. The Kier molecular flexibility index (Phi) is 3.51. The summed E-state index contributed by atoms with van der Waals surface area (Å²) in [6.45, 7) is 6.97. The molecule has 4 rings (SSSR count). The van der Waals surface area contributed by atoms with Crippen molar-refractivity contribution < 1.29 is 4.79 Å². The zero-order valence-corrected chi connectivity index (χ0v) is 14.9. The van der Waals surface area contributed by atoms with Gasteiger partial charge in [-0.05, 0) is 92.8 Å². The van der Waals surface area contributed by atoms with Gasteiger partial charge in [-0.2, -0.15) is 0 Å². The predicted octanol–water partition coefficient (Wildman–Crippen LogP) is 5.62. The van der Waals surface area contributed by atoms with Gasteiger partial charge >= 0.3 is 0 Å². The molecule has 4 saturated carbocycles. The molecule has 0 saturated heterocycles. The standard InChI is InChI=1S/C21H34O/c1-14(22)17-9-10-18-16-8-7-15-6-4-5-12-20(15,2)19(16)11-13-21(17,18)3/h15-19H,4-13H2,1-3H3/t15-,16?,17-,18?,19?,20+,21-/m1/s1. The van der Waals surface area contributed by atoms with Crippen molar-refractivity contribution in [1.82, 2.24) is 0 Å². The number of Topliss-reactive ketones (excluding diaryl/α,β-unsaturated/α-hetero) is 1. The number of carbonyl (C=O) groups excluding carboxylic acids is 1. The van der Waals surface area contributed by atoms with Crippen molar-refractivity contribution in [1.29, 1.82) is 0 Å². The molecule has 0 radical (unpaired) electrons. The van der Waals surface area contributed by atoms with Gasteiger partial charge in [0.2, 0.25) is 0 Å². The van der Waals surface area contributed by atoms with Crippen molar-refractivity contribution in [3.63, 3.8) is 0 Å². The molecule has 0 spiro atoms. The molecule has 0 heterocycles. The zero-order valence-electron chi connectivity index (χ0n) is 14.9. The third-order valence-corrected chi connectivity index (χ3v) is 9.07. The summed E-state index contributed by atoms with van der Waals surface area (Å²) in [6, 6.07) is 0. The van der Waals surface area contributed by atoms with E-state index in [4.69, 9.17) is 0 Å². The summed E-state index contributed by atoms with van der Waals surface area (Å²) in [4.78, 5) is 12.2. The maximum Gasteiger partial charge on any atom is 0.133 e. The lowest BCUT2D eigenvalue weighted by molar-refractivity contribution is -0.133. The Morgan fingerprint density at radius 2 is 1.59 bits per heavy atom. The van der Waals surface area contributed by atoms with Gasteiger partial charge in [0.05, 0.1) is 0 Å². The van der Waals surface area contributed by atoms with Crippen LogP contribution in [0.5, 0.6) is 0 Å². The molecule has 0 aromatic rings. The Bertz CT molecular complexity index is 469. The minimum atomic E-state index is 0.338. The highest BCUT2D eigenvalue weighted by Gasteiger charge is 2.60. The largest absolute Gasteiger partial charge is 0.300 e. The number of hydrogen-bond donors (Lipinski definition) is 0. The molecule has 0 aliphatic heterocycles. The quantitative estimate of drug-likeness (QED) is 0.614. The molecule has 22 heavy (non-hydrogen) atoms. The highest BCUT2D eigenvalue weighted by atomic mass is 16.1. The van der Waals surface area contributed by atoms with E-state index in [1.165, 1.54) is 64.2 Å². The zero-order chi connectivity index (χ0) is 15.5. The molecule has 3 unspecified atom stereocenters. The lowest BCUT2D eigenvalue weighted by Gasteiger charge is -2.60. The van der Waals surface area contributed by atoms with Crippen LogP contribution in [0.1, 0.15) is 85.0 Å². The first-order chi connectivity index (χ1) is 10.5. The van der Waals surface area contributed by atoms with Gasteiger partial charge in [-0.3, -0.25) is 4.79 Å². The van der Waals surface area contributed by atoms with Crippen LogP contribution in [-0.2, 0) is 4.79 Å². The molecule has 0 bridgehead atoms. The Morgan fingerprint density at radius 1 is 0.818 bits per heavy atom. The van der Waals surface area contributed by atoms with Gasteiger partial charge in [-0.15, -0.1) is 0 Å². The Hall–Kier alpha value is -0.330. The second-order valence-corrected chi connectivity index (χ2v) is 9.69. The van der Waals surface area contributed by atoms with E-state index in [1.54, 1.807) is 0 Å². The van der Waals surface area contributed by atoms with Crippen LogP contribution in [-0.4, -0.2) is 5.78 Å². The summed E-state index contributed by atoms with van der Waals surface area (Å²) >= 11 is 0. The SMILES string of the molecule is CC(=O)[C@H]1CCC2C3CC[C@H]4CCCC[C@]4(C)C3CC[C@@]21C. The van der Waals surface area contributed by atoms with Crippen LogP contribution in [0.2, 0.25) is 0 Å². The molecule has 1 nitrogen and oxygen atoms in total. The highest BCUT2D eigenvalue weighted by Crippen LogP contribution is 2.67. The number of carbonyl (C=O) groups is 1. The first-order valence-corrected chi connectivity index (χ1v) is 9.97. The third kappa shape index (κ3) is 1.93. The van der Waals surface area contributed by atoms with Crippen LogP contribution < -0.4 is 0 Å². The molecule has 1 heteroatoms. The van der Waals surface area contributed by atoms with Crippen LogP contribution in [0, 0.1) is 40.4 Å². The monoisotopic (exact) mass is 302 g/mol. The molecule has 0 aromatic heterocycles. The lowest BCUT2D eigenvalue weighted by Crippen LogP contribution is -2.53. The number of fused-ring (bicyclic) bond motifs is 5. The molecule has 4 fully saturated rings. The predicted molar refractivity (Wildman–Crippen MR) is 90.5 cm³/mol. The average Bonchev–Trinajstić information content (AvgIpc) is 2.84. The molecule has 0 aromatic carbocycles. The summed E-state index contributed by atoms with van der Waals surface area (Å²) in [6.07, 6.45) is 14.1. The van der Waals surface area contributed by atoms with E-state index in [2.05, 4.69) is 13.8 Å². The van der Waals surface area contributed by atoms with Gasteiger partial charge in [0, 0.05) is 5.92 Å². The second kappa shape index (κ2) is 5.08. The second-order valence-electron chi connectivity index (χ2n) is 9.69. The maximum absolute atomic E-state index is 12.2. The Labute approximate surface area is 136 Å². The summed E-state index contributed by atoms with van der Waals surface area (Å²) in [7, 11) is 0. The van der Waals surface area contributed by atoms with Crippen molar-refractivity contribution in [3.8, 4) is 0 Å². The molecule has 4 aliphatic rings. The van der Waals surface area contributed by atoms with Gasteiger partial charge in [0.25, 0.3) is 0 Å². The van der Waals surface area contributed by atoms with Crippen molar-refractivity contribution in [2.75, 3.05) is 0 Å². The van der Waals surface area contributed by atoms with Crippen LogP contribution in [0.3, 0.4) is 0 Å². The van der Waals surface area contributed by atoms with Crippen molar-refractivity contribution in [2.45, 2.75) is 85.0 Å². The molecule has 0 N–H and O–H groups in total. The Morgan fingerprint density at radius 3 is 2.36 bits per heavy atom.